The summed E-state index contributed by atoms with van der Waals surface area (Å²) in [6.45, 7) is 0. The van der Waals surface area contributed by atoms with Crippen LogP contribution in [0.25, 0.3) is 0 Å². The van der Waals surface area contributed by atoms with Crippen molar-refractivity contribution in [3.05, 3.63) is 69.8 Å². The fraction of sp³-hybridized carbons (Fsp3) is 0.125. The predicted octanol–water partition coefficient (Wildman–Crippen LogP) is 5.27. The second-order valence-electron chi connectivity index (χ2n) is 5.46. The topological polar surface area (TPSA) is 18.5 Å². The van der Waals surface area contributed by atoms with Crippen LogP contribution in [0.4, 0.5) is 35.1 Å². The summed E-state index contributed by atoms with van der Waals surface area (Å²) in [6, 6.07) is 0. The van der Waals surface area contributed by atoms with Crippen LogP contribution in [0.5, 0.6) is 11.5 Å². The Kier molecular flexibility index (Phi) is 3.52. The monoisotopic (exact) mass is 380 g/mol. The van der Waals surface area contributed by atoms with E-state index in [2.05, 4.69) is 4.74 Å². The zero-order chi connectivity index (χ0) is 18.9. The van der Waals surface area contributed by atoms with Crippen molar-refractivity contribution in [3.8, 4) is 11.5 Å². The van der Waals surface area contributed by atoms with Gasteiger partial charge in [-0.2, -0.15) is 13.2 Å². The van der Waals surface area contributed by atoms with E-state index in [9.17, 15) is 35.1 Å². The van der Waals surface area contributed by atoms with Gasteiger partial charge in [0.2, 0.25) is 46.4 Å². The van der Waals surface area contributed by atoms with Gasteiger partial charge in [-0.1, -0.05) is 12.2 Å². The molecule has 2 bridgehead atoms. The van der Waals surface area contributed by atoms with E-state index >= 15 is 0 Å². The molecule has 4 rings (SSSR count). The maximum absolute atomic E-state index is 14.5. The van der Waals surface area contributed by atoms with Gasteiger partial charge >= 0.3 is 0 Å². The summed E-state index contributed by atoms with van der Waals surface area (Å²) in [5.41, 5.74) is -0.937. The first kappa shape index (κ1) is 16.8. The molecule has 0 aromatic heterocycles. The van der Waals surface area contributed by atoms with Gasteiger partial charge in [-0.15, -0.1) is 0 Å². The molecule has 0 fully saturated rings. The van der Waals surface area contributed by atoms with E-state index in [1.165, 1.54) is 12.2 Å². The third-order valence-corrected chi connectivity index (χ3v) is 4.05. The summed E-state index contributed by atoms with van der Waals surface area (Å²) >= 11 is 0. The minimum Gasteiger partial charge on any atom is -0.445 e. The molecule has 2 aliphatic heterocycles. The van der Waals surface area contributed by atoms with Crippen LogP contribution in [0.2, 0.25) is 0 Å². The summed E-state index contributed by atoms with van der Waals surface area (Å²) in [7, 11) is 0. The van der Waals surface area contributed by atoms with Gasteiger partial charge in [-0.3, -0.25) is 0 Å². The van der Waals surface area contributed by atoms with E-state index in [0.29, 0.717) is 0 Å². The number of benzene rings is 2. The maximum Gasteiger partial charge on any atom is 0.207 e. The molecule has 136 valence electrons. The molecule has 0 radical (unpaired) electrons. The lowest BCUT2D eigenvalue weighted by atomic mass is 9.95. The van der Waals surface area contributed by atoms with Crippen molar-refractivity contribution in [2.75, 3.05) is 0 Å². The van der Waals surface area contributed by atoms with Crippen molar-refractivity contribution in [1.82, 2.24) is 0 Å². The largest absolute Gasteiger partial charge is 0.445 e. The van der Waals surface area contributed by atoms with Crippen LogP contribution in [0.3, 0.4) is 0 Å². The number of fused-ring (bicyclic) bond motifs is 5. The van der Waals surface area contributed by atoms with Gasteiger partial charge in [0.15, 0.2) is 11.6 Å². The highest BCUT2D eigenvalue weighted by atomic mass is 19.2. The van der Waals surface area contributed by atoms with Crippen LogP contribution in [-0.2, 0) is 4.74 Å². The molecule has 2 unspecified atom stereocenters. The fourth-order valence-corrected chi connectivity index (χ4v) is 2.87. The SMILES string of the molecule is Fc1c(F)c(F)c(Oc2c(F)c(F)c3c(c2F)C2C=CC3O2)c(F)c1F. The van der Waals surface area contributed by atoms with Crippen molar-refractivity contribution in [1.29, 1.82) is 0 Å². The van der Waals surface area contributed by atoms with E-state index in [1.54, 1.807) is 0 Å². The van der Waals surface area contributed by atoms with E-state index < -0.39 is 81.4 Å². The number of ether oxygens (including phenoxy) is 2. The first-order valence-corrected chi connectivity index (χ1v) is 6.97. The Labute approximate surface area is 139 Å². The Morgan fingerprint density at radius 1 is 0.538 bits per heavy atom. The lowest BCUT2D eigenvalue weighted by Crippen LogP contribution is -2.10. The Morgan fingerprint density at radius 2 is 0.923 bits per heavy atom. The molecule has 0 spiro atoms. The van der Waals surface area contributed by atoms with Crippen LogP contribution in [-0.4, -0.2) is 0 Å². The quantitative estimate of drug-likeness (QED) is 0.306. The molecule has 2 aliphatic rings. The predicted molar refractivity (Wildman–Crippen MR) is 68.3 cm³/mol. The summed E-state index contributed by atoms with van der Waals surface area (Å²) < 4.78 is 119. The minimum atomic E-state index is -2.48. The average Bonchev–Trinajstić information content (AvgIpc) is 3.24. The molecule has 0 aliphatic carbocycles. The molecule has 0 saturated heterocycles. The normalized spacial score (nSPS) is 20.0. The zero-order valence-electron chi connectivity index (χ0n) is 12.1. The third kappa shape index (κ3) is 2.02. The van der Waals surface area contributed by atoms with Gasteiger partial charge < -0.3 is 9.47 Å². The summed E-state index contributed by atoms with van der Waals surface area (Å²) in [5, 5.41) is 0. The van der Waals surface area contributed by atoms with E-state index in [1.807, 2.05) is 0 Å². The lowest BCUT2D eigenvalue weighted by molar-refractivity contribution is 0.0854. The number of hydrogen-bond acceptors (Lipinski definition) is 2. The van der Waals surface area contributed by atoms with Gasteiger partial charge in [0.05, 0.1) is 0 Å². The smallest absolute Gasteiger partial charge is 0.207 e. The Balaban J connectivity index is 1.91. The van der Waals surface area contributed by atoms with Crippen molar-refractivity contribution in [3.63, 3.8) is 0 Å². The first-order chi connectivity index (χ1) is 12.2. The number of hydrogen-bond donors (Lipinski definition) is 0. The second kappa shape index (κ2) is 5.44. The van der Waals surface area contributed by atoms with Crippen LogP contribution >= 0.6 is 0 Å². The standard InChI is InChI=1S/C16H4F8O2/c17-7-5-3-1-2-4(25-3)6(5)8(18)15(12(7)22)26-16-13(23)10(20)9(19)11(21)14(16)24/h1-4H. The van der Waals surface area contributed by atoms with Gasteiger partial charge in [0, 0.05) is 11.1 Å². The second-order valence-corrected chi connectivity index (χ2v) is 5.46. The average molecular weight is 380 g/mol. The molecule has 2 atom stereocenters. The summed E-state index contributed by atoms with van der Waals surface area (Å²) in [4.78, 5) is 0. The van der Waals surface area contributed by atoms with Crippen molar-refractivity contribution in [2.24, 2.45) is 0 Å². The van der Waals surface area contributed by atoms with Gasteiger partial charge in [0.25, 0.3) is 0 Å². The number of rotatable bonds is 2. The Bertz CT molecular complexity index is 972. The molecule has 0 N–H and O–H groups in total. The lowest BCUT2D eigenvalue weighted by Gasteiger charge is -2.16. The minimum absolute atomic E-state index is 0.461. The van der Waals surface area contributed by atoms with Crippen LogP contribution in [0.1, 0.15) is 23.3 Å². The number of halogens is 8. The molecule has 10 heteroatoms. The van der Waals surface area contributed by atoms with Crippen molar-refractivity contribution >= 4 is 0 Å². The Hall–Kier alpha value is -2.62. The Morgan fingerprint density at radius 3 is 1.46 bits per heavy atom. The van der Waals surface area contributed by atoms with Gasteiger partial charge in [0.1, 0.15) is 12.2 Å². The highest BCUT2D eigenvalue weighted by Gasteiger charge is 2.43. The van der Waals surface area contributed by atoms with Gasteiger partial charge in [-0.05, 0) is 0 Å². The summed E-state index contributed by atoms with van der Waals surface area (Å²) in [6.07, 6.45) is 0.529. The van der Waals surface area contributed by atoms with Crippen LogP contribution < -0.4 is 4.74 Å². The molecular formula is C16H4F8O2. The molecule has 0 saturated carbocycles. The molecular weight excluding hydrogens is 376 g/mol. The third-order valence-electron chi connectivity index (χ3n) is 4.05. The highest BCUT2D eigenvalue weighted by molar-refractivity contribution is 5.51. The van der Waals surface area contributed by atoms with Crippen LogP contribution in [0, 0.1) is 46.5 Å². The van der Waals surface area contributed by atoms with Crippen molar-refractivity contribution < 1.29 is 44.6 Å². The molecule has 2 nitrogen and oxygen atoms in total. The van der Waals surface area contributed by atoms with E-state index in [0.717, 1.165) is 0 Å². The van der Waals surface area contributed by atoms with E-state index in [4.69, 9.17) is 4.74 Å². The van der Waals surface area contributed by atoms with Crippen molar-refractivity contribution in [2.45, 2.75) is 12.2 Å². The van der Waals surface area contributed by atoms with E-state index in [-0.39, 0.29) is 0 Å². The van der Waals surface area contributed by atoms with Crippen LogP contribution in [0.15, 0.2) is 12.2 Å². The summed E-state index contributed by atoms with van der Waals surface area (Å²) in [5.74, 6) is -20.9. The fourth-order valence-electron chi connectivity index (χ4n) is 2.87. The molecule has 0 amide bonds. The molecule has 2 aromatic carbocycles. The molecule has 2 aromatic rings. The highest BCUT2D eigenvalue weighted by Crippen LogP contribution is 2.51. The maximum atomic E-state index is 14.5. The molecule has 26 heavy (non-hydrogen) atoms. The first-order valence-electron chi connectivity index (χ1n) is 6.97. The zero-order valence-corrected chi connectivity index (χ0v) is 12.1. The van der Waals surface area contributed by atoms with Gasteiger partial charge in [-0.25, -0.2) is 22.0 Å². The molecule has 2 heterocycles.